The van der Waals surface area contributed by atoms with Crippen LogP contribution in [0.4, 0.5) is 4.79 Å². The van der Waals surface area contributed by atoms with E-state index in [0.717, 1.165) is 5.56 Å². The predicted molar refractivity (Wildman–Crippen MR) is 119 cm³/mol. The molecule has 2 amide bonds. The Balaban J connectivity index is 1.91. The van der Waals surface area contributed by atoms with E-state index in [1.54, 1.807) is 29.1 Å². The summed E-state index contributed by atoms with van der Waals surface area (Å²) < 4.78 is 11.7. The minimum absolute atomic E-state index is 0.0587. The van der Waals surface area contributed by atoms with Gasteiger partial charge < -0.3 is 20.1 Å². The molecule has 1 aromatic heterocycles. The zero-order chi connectivity index (χ0) is 23.5. The van der Waals surface area contributed by atoms with E-state index >= 15 is 0 Å². The van der Waals surface area contributed by atoms with E-state index in [1.165, 1.54) is 7.11 Å². The summed E-state index contributed by atoms with van der Waals surface area (Å²) in [5, 5.41) is 5.52. The molecule has 8 heteroatoms. The maximum atomic E-state index is 12.7. The highest BCUT2D eigenvalue weighted by atomic mass is 16.6. The Bertz CT molecular complexity index is 904. The Morgan fingerprint density at radius 3 is 2.41 bits per heavy atom. The molecule has 8 nitrogen and oxygen atoms in total. The number of methoxy groups -OCH3 is 1. The lowest BCUT2D eigenvalue weighted by molar-refractivity contribution is -0.727. The first kappa shape index (κ1) is 24.8. The number of pyridine rings is 1. The predicted octanol–water partition coefficient (Wildman–Crippen LogP) is 2.61. The van der Waals surface area contributed by atoms with Gasteiger partial charge in [-0.3, -0.25) is 4.79 Å². The molecule has 0 bridgehead atoms. The van der Waals surface area contributed by atoms with Crippen molar-refractivity contribution in [2.24, 2.45) is 5.92 Å². The Kier molecular flexibility index (Phi) is 9.66. The topological polar surface area (TPSA) is 97.6 Å². The average molecular weight is 443 g/mol. The van der Waals surface area contributed by atoms with E-state index in [4.69, 9.17) is 9.47 Å². The molecule has 0 aliphatic rings. The fraction of sp³-hybridized carbons (Fsp3) is 0.417. The molecule has 1 aromatic carbocycles. The minimum Gasteiger partial charge on any atom is -0.467 e. The van der Waals surface area contributed by atoms with E-state index < -0.39 is 24.0 Å². The van der Waals surface area contributed by atoms with Gasteiger partial charge in [0.05, 0.1) is 7.11 Å². The first-order valence-corrected chi connectivity index (χ1v) is 10.7. The molecule has 2 rings (SSSR count). The average Bonchev–Trinajstić information content (AvgIpc) is 2.80. The van der Waals surface area contributed by atoms with E-state index in [0.29, 0.717) is 18.4 Å². The van der Waals surface area contributed by atoms with Crippen LogP contribution in [-0.2, 0) is 27.4 Å². The number of aromatic nitrogens is 1. The second-order valence-electron chi connectivity index (χ2n) is 7.76. The van der Waals surface area contributed by atoms with Crippen LogP contribution in [0.15, 0.2) is 54.9 Å². The van der Waals surface area contributed by atoms with Crippen LogP contribution in [0, 0.1) is 5.92 Å². The number of hydrogen-bond acceptors (Lipinski definition) is 5. The summed E-state index contributed by atoms with van der Waals surface area (Å²) in [5.41, 5.74) is 1.46. The van der Waals surface area contributed by atoms with Crippen molar-refractivity contribution < 1.29 is 28.4 Å². The molecule has 0 saturated heterocycles. The molecule has 2 N–H and O–H groups in total. The fourth-order valence-corrected chi connectivity index (χ4v) is 3.15. The number of nitrogens with zero attached hydrogens (tertiary/aromatic N) is 1. The number of hydrogen-bond donors (Lipinski definition) is 2. The summed E-state index contributed by atoms with van der Waals surface area (Å²) in [6, 6.07) is 12.3. The van der Waals surface area contributed by atoms with Gasteiger partial charge in [0.2, 0.25) is 0 Å². The van der Waals surface area contributed by atoms with Crippen LogP contribution in [0.3, 0.4) is 0 Å². The number of carbonyl (C=O) groups is 3. The van der Waals surface area contributed by atoms with Gasteiger partial charge in [-0.1, -0.05) is 50.6 Å². The maximum Gasteiger partial charge on any atom is 0.412 e. The second kappa shape index (κ2) is 12.4. The molecule has 2 aromatic rings. The van der Waals surface area contributed by atoms with Crippen LogP contribution in [0.1, 0.15) is 43.1 Å². The number of benzene rings is 1. The number of amides is 2. The third-order valence-electron chi connectivity index (χ3n) is 5.17. The molecule has 0 radical (unpaired) electrons. The molecule has 172 valence electrons. The molecule has 0 spiro atoms. The van der Waals surface area contributed by atoms with E-state index in [-0.39, 0.29) is 18.7 Å². The summed E-state index contributed by atoms with van der Waals surface area (Å²) in [7, 11) is 1.30. The van der Waals surface area contributed by atoms with Gasteiger partial charge in [-0.2, -0.15) is 4.57 Å². The van der Waals surface area contributed by atoms with Crippen molar-refractivity contribution in [2.45, 2.75) is 52.4 Å². The zero-order valence-electron chi connectivity index (χ0n) is 19.0. The van der Waals surface area contributed by atoms with E-state index in [9.17, 15) is 14.4 Å². The maximum absolute atomic E-state index is 12.7. The molecular weight excluding hydrogens is 410 g/mol. The molecule has 0 unspecified atom stereocenters. The lowest BCUT2D eigenvalue weighted by Gasteiger charge is -2.21. The number of carbonyl (C=O) groups excluding carboxylic acids is 3. The van der Waals surface area contributed by atoms with Crippen LogP contribution < -0.4 is 15.2 Å². The molecule has 0 aliphatic heterocycles. The molecule has 0 aliphatic carbocycles. The summed E-state index contributed by atoms with van der Waals surface area (Å²) in [6.45, 7) is 5.66. The number of alkyl carbamates (subject to hydrolysis) is 1. The summed E-state index contributed by atoms with van der Waals surface area (Å²) in [6.07, 6.45) is 4.10. The molecule has 0 fully saturated rings. The third kappa shape index (κ3) is 7.68. The Morgan fingerprint density at radius 1 is 1.03 bits per heavy atom. The van der Waals surface area contributed by atoms with Gasteiger partial charge in [0.25, 0.3) is 12.6 Å². The third-order valence-corrected chi connectivity index (χ3v) is 5.17. The highest BCUT2D eigenvalue weighted by Crippen LogP contribution is 2.10. The number of rotatable bonds is 10. The first-order valence-electron chi connectivity index (χ1n) is 10.7. The number of ether oxygens (including phenoxy) is 2. The van der Waals surface area contributed by atoms with Gasteiger partial charge >= 0.3 is 12.1 Å². The van der Waals surface area contributed by atoms with Crippen LogP contribution >= 0.6 is 0 Å². The molecule has 0 saturated carbocycles. The summed E-state index contributed by atoms with van der Waals surface area (Å²) >= 11 is 0. The SMILES string of the molecule is CC[C@H](C)[C@H](NC(=O)c1ccc[n+](COC(=O)N[C@@H](C)Cc2ccccc2)c1)C(=O)OC. The Morgan fingerprint density at radius 2 is 1.75 bits per heavy atom. The lowest BCUT2D eigenvalue weighted by atomic mass is 9.99. The summed E-state index contributed by atoms with van der Waals surface area (Å²) in [5.74, 6) is -0.968. The normalized spacial score (nSPS) is 13.4. The largest absolute Gasteiger partial charge is 0.467 e. The highest BCUT2D eigenvalue weighted by Gasteiger charge is 2.27. The van der Waals surface area contributed by atoms with Gasteiger partial charge in [0.15, 0.2) is 12.4 Å². The fourth-order valence-electron chi connectivity index (χ4n) is 3.15. The smallest absolute Gasteiger partial charge is 0.412 e. The van der Waals surface area contributed by atoms with E-state index in [2.05, 4.69) is 10.6 Å². The van der Waals surface area contributed by atoms with Crippen molar-refractivity contribution in [3.8, 4) is 0 Å². The van der Waals surface area contributed by atoms with Crippen molar-refractivity contribution in [2.75, 3.05) is 7.11 Å². The van der Waals surface area contributed by atoms with Crippen molar-refractivity contribution in [1.29, 1.82) is 0 Å². The van der Waals surface area contributed by atoms with Gasteiger partial charge in [-0.05, 0) is 30.9 Å². The zero-order valence-corrected chi connectivity index (χ0v) is 19.0. The Labute approximate surface area is 188 Å². The monoisotopic (exact) mass is 442 g/mol. The standard InChI is InChI=1S/C24H31N3O5/c1-5-17(2)21(23(29)31-4)26-22(28)20-12-9-13-27(15-20)16-32-24(30)25-18(3)14-19-10-7-6-8-11-19/h6-13,15,17-18,21H,5,14,16H2,1-4H3,(H-,25,26,28,30)/p+1/t17-,18-,21-/m0/s1. The van der Waals surface area contributed by atoms with E-state index in [1.807, 2.05) is 51.1 Å². The van der Waals surface area contributed by atoms with Crippen molar-refractivity contribution in [1.82, 2.24) is 10.6 Å². The van der Waals surface area contributed by atoms with Crippen LogP contribution in [0.5, 0.6) is 0 Å². The lowest BCUT2D eigenvalue weighted by Crippen LogP contribution is -2.46. The first-order chi connectivity index (χ1) is 15.3. The van der Waals surface area contributed by atoms with Crippen molar-refractivity contribution in [3.05, 3.63) is 66.0 Å². The summed E-state index contributed by atoms with van der Waals surface area (Å²) in [4.78, 5) is 36.8. The molecular formula is C24H32N3O5+. The molecule has 32 heavy (non-hydrogen) atoms. The van der Waals surface area contributed by atoms with Gasteiger partial charge in [0, 0.05) is 12.1 Å². The number of nitrogens with one attached hydrogen (secondary N) is 2. The van der Waals surface area contributed by atoms with Crippen LogP contribution in [-0.4, -0.2) is 37.2 Å². The van der Waals surface area contributed by atoms with Crippen molar-refractivity contribution >= 4 is 18.0 Å². The van der Waals surface area contributed by atoms with Gasteiger partial charge in [-0.25, -0.2) is 9.59 Å². The van der Waals surface area contributed by atoms with Crippen LogP contribution in [0.2, 0.25) is 0 Å². The quantitative estimate of drug-likeness (QED) is 0.435. The Hall–Kier alpha value is -3.42. The second-order valence-corrected chi connectivity index (χ2v) is 7.76. The molecule has 3 atom stereocenters. The number of esters is 1. The molecule has 1 heterocycles. The highest BCUT2D eigenvalue weighted by molar-refractivity contribution is 5.96. The van der Waals surface area contributed by atoms with Gasteiger partial charge in [-0.15, -0.1) is 0 Å². The minimum atomic E-state index is -0.737. The van der Waals surface area contributed by atoms with Crippen molar-refractivity contribution in [3.63, 3.8) is 0 Å². The van der Waals surface area contributed by atoms with Gasteiger partial charge in [0.1, 0.15) is 11.6 Å². The van der Waals surface area contributed by atoms with Crippen LogP contribution in [0.25, 0.3) is 0 Å².